The second kappa shape index (κ2) is 5.52. The smallest absolute Gasteiger partial charge is 0.264 e. The van der Waals surface area contributed by atoms with Crippen LogP contribution in [-0.4, -0.2) is 13.0 Å². The molecule has 0 saturated heterocycles. The fourth-order valence-corrected chi connectivity index (χ4v) is 5.26. The van der Waals surface area contributed by atoms with Crippen molar-refractivity contribution in [2.24, 2.45) is 0 Å². The van der Waals surface area contributed by atoms with Crippen LogP contribution >= 0.6 is 10.7 Å². The van der Waals surface area contributed by atoms with Crippen molar-refractivity contribution in [3.05, 3.63) is 84.4 Å². The van der Waals surface area contributed by atoms with E-state index < -0.39 is 0 Å². The monoisotopic (exact) mass is 318 g/mol. The highest BCUT2D eigenvalue weighted by molar-refractivity contribution is 7.46. The Labute approximate surface area is 137 Å². The summed E-state index contributed by atoms with van der Waals surface area (Å²) < 4.78 is 4.32. The van der Waals surface area contributed by atoms with E-state index in [0.717, 1.165) is 5.56 Å². The standard InChI is InChI=1S/C20H16NOS/c1-21(20(22)15-9-3-2-4-10-15)23-18-13-7-5-11-16(18)17-12-6-8-14-19(17)23/h2-14H,1H3/q+1. The Morgan fingerprint density at radius 3 is 1.78 bits per heavy atom. The van der Waals surface area contributed by atoms with E-state index in [0.29, 0.717) is 0 Å². The van der Waals surface area contributed by atoms with Crippen LogP contribution in [0.4, 0.5) is 0 Å². The van der Waals surface area contributed by atoms with Crippen LogP contribution in [0.2, 0.25) is 0 Å². The normalized spacial score (nSPS) is 11.0. The first-order valence-corrected chi connectivity index (χ1v) is 8.71. The van der Waals surface area contributed by atoms with Crippen molar-refractivity contribution >= 4 is 36.7 Å². The summed E-state index contributed by atoms with van der Waals surface area (Å²) in [7, 11) is 1.53. The van der Waals surface area contributed by atoms with E-state index in [-0.39, 0.29) is 16.6 Å². The van der Waals surface area contributed by atoms with Crippen molar-refractivity contribution in [3.63, 3.8) is 0 Å². The van der Waals surface area contributed by atoms with Crippen LogP contribution < -0.4 is 4.31 Å². The largest absolute Gasteiger partial charge is 0.298 e. The van der Waals surface area contributed by atoms with Crippen LogP contribution in [-0.2, 0) is 0 Å². The van der Waals surface area contributed by atoms with Crippen LogP contribution in [0.3, 0.4) is 0 Å². The highest BCUT2D eigenvalue weighted by atomic mass is 32.2. The fraction of sp³-hybridized carbons (Fsp3) is 0.0500. The van der Waals surface area contributed by atoms with Gasteiger partial charge in [0.25, 0.3) is 5.91 Å². The predicted molar refractivity (Wildman–Crippen MR) is 98.8 cm³/mol. The molecule has 3 aromatic carbocycles. The Bertz CT molecular complexity index is 951. The summed E-state index contributed by atoms with van der Waals surface area (Å²) in [4.78, 5) is 12.9. The van der Waals surface area contributed by atoms with Crippen LogP contribution in [0.25, 0.3) is 20.2 Å². The maximum Gasteiger partial charge on any atom is 0.298 e. The lowest BCUT2D eigenvalue weighted by Gasteiger charge is -2.08. The topological polar surface area (TPSA) is 20.3 Å². The van der Waals surface area contributed by atoms with Crippen molar-refractivity contribution in [1.29, 1.82) is 0 Å². The van der Waals surface area contributed by atoms with Gasteiger partial charge in [-0.2, -0.15) is 0 Å². The van der Waals surface area contributed by atoms with Gasteiger partial charge in [-0.05, 0) is 24.3 Å². The summed E-state index contributed by atoms with van der Waals surface area (Å²) in [5.74, 6) is 0.0560. The van der Waals surface area contributed by atoms with Crippen molar-refractivity contribution in [1.82, 2.24) is 0 Å². The Hall–Kier alpha value is -2.65. The van der Waals surface area contributed by atoms with Gasteiger partial charge in [0.2, 0.25) is 9.40 Å². The lowest BCUT2D eigenvalue weighted by atomic mass is 10.2. The van der Waals surface area contributed by atoms with Crippen molar-refractivity contribution < 1.29 is 4.79 Å². The van der Waals surface area contributed by atoms with Gasteiger partial charge in [0.1, 0.15) is 10.7 Å². The van der Waals surface area contributed by atoms with Gasteiger partial charge in [-0.1, -0.05) is 42.5 Å². The third kappa shape index (κ3) is 2.21. The minimum atomic E-state index is -0.369. The second-order valence-corrected chi connectivity index (χ2v) is 7.44. The molecule has 0 fully saturated rings. The molecule has 0 saturated carbocycles. The second-order valence-electron chi connectivity index (χ2n) is 5.45. The van der Waals surface area contributed by atoms with Gasteiger partial charge in [-0.25, -0.2) is 0 Å². The highest BCUT2D eigenvalue weighted by Gasteiger charge is 2.29. The molecule has 0 aliphatic rings. The Balaban J connectivity index is 1.95. The molecule has 1 heterocycles. The number of carbonyl (C=O) groups excluding carboxylic acids is 1. The number of nitrogens with zero attached hydrogens (tertiary/aromatic N) is 1. The summed E-state index contributed by atoms with van der Waals surface area (Å²) in [6.45, 7) is 0. The van der Waals surface area contributed by atoms with Gasteiger partial charge in [-0.3, -0.25) is 4.79 Å². The van der Waals surface area contributed by atoms with Crippen LogP contribution in [0, 0.1) is 0 Å². The van der Waals surface area contributed by atoms with Crippen LogP contribution in [0.5, 0.6) is 0 Å². The number of amides is 1. The molecule has 4 aromatic rings. The first-order valence-electron chi connectivity index (χ1n) is 7.53. The highest BCUT2D eigenvalue weighted by Crippen LogP contribution is 2.43. The molecule has 2 nitrogen and oxygen atoms in total. The fourth-order valence-electron chi connectivity index (χ4n) is 2.97. The third-order valence-corrected chi connectivity index (χ3v) is 6.32. The molecule has 0 atom stereocenters. The first kappa shape index (κ1) is 14.0. The number of rotatable bonds is 2. The van der Waals surface area contributed by atoms with Crippen molar-refractivity contribution in [2.75, 3.05) is 11.4 Å². The van der Waals surface area contributed by atoms with E-state index in [1.54, 1.807) is 0 Å². The molecule has 0 N–H and O–H groups in total. The van der Waals surface area contributed by atoms with E-state index in [9.17, 15) is 4.79 Å². The van der Waals surface area contributed by atoms with Crippen molar-refractivity contribution in [2.45, 2.75) is 0 Å². The van der Waals surface area contributed by atoms with Gasteiger partial charge < -0.3 is 0 Å². The van der Waals surface area contributed by atoms with Gasteiger partial charge in [0.05, 0.1) is 7.05 Å². The van der Waals surface area contributed by atoms with E-state index in [1.807, 2.05) is 53.8 Å². The first-order chi connectivity index (χ1) is 11.3. The number of benzene rings is 3. The summed E-state index contributed by atoms with van der Waals surface area (Å²) in [5, 5.41) is 2.47. The average Bonchev–Trinajstić information content (AvgIpc) is 2.96. The Kier molecular flexibility index (Phi) is 3.36. The minimum Gasteiger partial charge on any atom is -0.264 e. The summed E-state index contributed by atoms with van der Waals surface area (Å²) >= 11 is 0. The summed E-state index contributed by atoms with van der Waals surface area (Å²) in [6.07, 6.45) is 0. The number of thiophene rings is 1. The molecule has 112 valence electrons. The molecule has 4 rings (SSSR count). The van der Waals surface area contributed by atoms with E-state index in [1.165, 1.54) is 20.2 Å². The number of fused-ring (bicyclic) bond motifs is 3. The SMILES string of the molecule is CN(C(=O)c1ccccc1)[s+]1c2ccccc2c2ccccc21. The molecule has 0 aliphatic heterocycles. The predicted octanol–water partition coefficient (Wildman–Crippen LogP) is 5.15. The molecule has 1 amide bonds. The lowest BCUT2D eigenvalue weighted by molar-refractivity contribution is 0.100. The zero-order chi connectivity index (χ0) is 15.8. The Morgan fingerprint density at radius 1 is 0.739 bits per heavy atom. The number of hydrogen-bond acceptors (Lipinski definition) is 1. The van der Waals surface area contributed by atoms with Crippen molar-refractivity contribution in [3.8, 4) is 0 Å². The van der Waals surface area contributed by atoms with E-state index >= 15 is 0 Å². The molecule has 23 heavy (non-hydrogen) atoms. The van der Waals surface area contributed by atoms with E-state index in [4.69, 9.17) is 0 Å². The molecule has 0 radical (unpaired) electrons. The number of carbonyl (C=O) groups is 1. The molecular weight excluding hydrogens is 302 g/mol. The quantitative estimate of drug-likeness (QED) is 0.468. The van der Waals surface area contributed by atoms with Crippen LogP contribution in [0.1, 0.15) is 10.4 Å². The van der Waals surface area contributed by atoms with Gasteiger partial charge >= 0.3 is 0 Å². The lowest BCUT2D eigenvalue weighted by Crippen LogP contribution is -2.24. The molecule has 0 unspecified atom stereocenters. The van der Waals surface area contributed by atoms with Gasteiger partial charge in [0, 0.05) is 28.5 Å². The summed E-state index contributed by atoms with van der Waals surface area (Å²) in [5.41, 5.74) is 0.726. The molecular formula is C20H16NOS+. The molecule has 0 bridgehead atoms. The number of hydrogen-bond donors (Lipinski definition) is 0. The van der Waals surface area contributed by atoms with E-state index in [2.05, 4.69) is 36.4 Å². The Morgan fingerprint density at radius 2 is 1.22 bits per heavy atom. The molecule has 0 spiro atoms. The third-order valence-electron chi connectivity index (χ3n) is 4.06. The van der Waals surface area contributed by atoms with Gasteiger partial charge in [-0.15, -0.1) is 4.31 Å². The maximum absolute atomic E-state index is 12.9. The van der Waals surface area contributed by atoms with Gasteiger partial charge in [0.15, 0.2) is 0 Å². The molecule has 1 aromatic heterocycles. The zero-order valence-corrected chi connectivity index (χ0v) is 13.6. The summed E-state index contributed by atoms with van der Waals surface area (Å²) in [6, 6.07) is 26.2. The molecule has 0 aliphatic carbocycles. The average molecular weight is 318 g/mol. The maximum atomic E-state index is 12.9. The zero-order valence-electron chi connectivity index (χ0n) is 12.8. The minimum absolute atomic E-state index is 0.0560. The van der Waals surface area contributed by atoms with Crippen LogP contribution in [0.15, 0.2) is 78.9 Å². The molecule has 3 heteroatoms.